The standard InChI is InChI=1S/C12H14BrClN2O/c13-10-4-2-8(14)6-11(10)16-12(17)7-1-3-9(15)5-7/h2,4,6-7,9H,1,3,5,15H2,(H,16,17). The zero-order valence-electron chi connectivity index (χ0n) is 9.25. The highest BCUT2D eigenvalue weighted by Gasteiger charge is 2.27. The topological polar surface area (TPSA) is 55.1 Å². The summed E-state index contributed by atoms with van der Waals surface area (Å²) in [5.74, 6) is 0.0526. The van der Waals surface area contributed by atoms with Gasteiger partial charge < -0.3 is 11.1 Å². The van der Waals surface area contributed by atoms with Crippen molar-refractivity contribution in [1.82, 2.24) is 0 Å². The summed E-state index contributed by atoms with van der Waals surface area (Å²) in [7, 11) is 0. The lowest BCUT2D eigenvalue weighted by molar-refractivity contribution is -0.119. The van der Waals surface area contributed by atoms with Crippen LogP contribution in [-0.4, -0.2) is 11.9 Å². The first-order valence-corrected chi connectivity index (χ1v) is 6.75. The number of carbonyl (C=O) groups excluding carboxylic acids is 1. The van der Waals surface area contributed by atoms with Crippen LogP contribution in [0.2, 0.25) is 5.02 Å². The molecule has 0 aromatic heterocycles. The highest BCUT2D eigenvalue weighted by Crippen LogP contribution is 2.29. The van der Waals surface area contributed by atoms with Gasteiger partial charge in [0, 0.05) is 21.5 Å². The maximum Gasteiger partial charge on any atom is 0.227 e. The van der Waals surface area contributed by atoms with Crippen molar-refractivity contribution in [2.45, 2.75) is 25.3 Å². The minimum absolute atomic E-state index is 0.0240. The number of halogens is 2. The summed E-state index contributed by atoms with van der Waals surface area (Å²) < 4.78 is 0.831. The largest absolute Gasteiger partial charge is 0.328 e. The van der Waals surface area contributed by atoms with Gasteiger partial charge in [-0.15, -0.1) is 0 Å². The van der Waals surface area contributed by atoms with Gasteiger partial charge in [-0.25, -0.2) is 0 Å². The number of hydrogen-bond donors (Lipinski definition) is 2. The van der Waals surface area contributed by atoms with E-state index in [1.54, 1.807) is 12.1 Å². The Bertz CT molecular complexity index is 439. The lowest BCUT2D eigenvalue weighted by Crippen LogP contribution is -2.23. The normalized spacial score (nSPS) is 23.7. The summed E-state index contributed by atoms with van der Waals surface area (Å²) in [5.41, 5.74) is 6.51. The number of rotatable bonds is 2. The molecule has 1 fully saturated rings. The Morgan fingerprint density at radius 2 is 2.24 bits per heavy atom. The van der Waals surface area contributed by atoms with Crippen molar-refractivity contribution in [2.24, 2.45) is 11.7 Å². The number of anilines is 1. The second-order valence-electron chi connectivity index (χ2n) is 4.38. The van der Waals surface area contributed by atoms with Crippen molar-refractivity contribution in [3.8, 4) is 0 Å². The second-order valence-corrected chi connectivity index (χ2v) is 5.67. The molecule has 0 saturated heterocycles. The summed E-state index contributed by atoms with van der Waals surface area (Å²) >= 11 is 9.27. The molecule has 1 aliphatic carbocycles. The molecule has 2 unspecified atom stereocenters. The first kappa shape index (κ1) is 12.9. The molecule has 0 aliphatic heterocycles. The summed E-state index contributed by atoms with van der Waals surface area (Å²) in [4.78, 5) is 12.0. The summed E-state index contributed by atoms with van der Waals surface area (Å²) in [6.07, 6.45) is 2.56. The van der Waals surface area contributed by atoms with Gasteiger partial charge in [-0.1, -0.05) is 11.6 Å². The smallest absolute Gasteiger partial charge is 0.227 e. The van der Waals surface area contributed by atoms with E-state index in [-0.39, 0.29) is 17.9 Å². The van der Waals surface area contributed by atoms with Gasteiger partial charge in [0.05, 0.1) is 5.69 Å². The quantitative estimate of drug-likeness (QED) is 0.880. The molecule has 0 radical (unpaired) electrons. The fourth-order valence-corrected chi connectivity index (χ4v) is 2.60. The fourth-order valence-electron chi connectivity index (χ4n) is 2.08. The number of amides is 1. The van der Waals surface area contributed by atoms with E-state index in [1.807, 2.05) is 6.07 Å². The van der Waals surface area contributed by atoms with Gasteiger partial charge in [0.25, 0.3) is 0 Å². The molecule has 1 saturated carbocycles. The van der Waals surface area contributed by atoms with Crippen LogP contribution in [0.15, 0.2) is 22.7 Å². The predicted octanol–water partition coefficient (Wildman–Crippen LogP) is 3.17. The van der Waals surface area contributed by atoms with E-state index in [1.165, 1.54) is 0 Å². The van der Waals surface area contributed by atoms with Crippen molar-refractivity contribution in [1.29, 1.82) is 0 Å². The van der Waals surface area contributed by atoms with Gasteiger partial charge in [-0.2, -0.15) is 0 Å². The molecular formula is C12H14BrClN2O. The minimum Gasteiger partial charge on any atom is -0.328 e. The molecule has 1 aliphatic rings. The Morgan fingerprint density at radius 1 is 1.47 bits per heavy atom. The third-order valence-electron chi connectivity index (χ3n) is 3.03. The third kappa shape index (κ3) is 3.21. The van der Waals surface area contributed by atoms with Crippen molar-refractivity contribution in [3.05, 3.63) is 27.7 Å². The second kappa shape index (κ2) is 5.38. The number of nitrogens with two attached hydrogens (primary N) is 1. The van der Waals surface area contributed by atoms with E-state index < -0.39 is 0 Å². The van der Waals surface area contributed by atoms with Crippen molar-refractivity contribution in [3.63, 3.8) is 0 Å². The molecule has 1 aromatic carbocycles. The fraction of sp³-hybridized carbons (Fsp3) is 0.417. The average Bonchev–Trinajstić information content (AvgIpc) is 2.70. The lowest BCUT2D eigenvalue weighted by Gasteiger charge is -2.12. The van der Waals surface area contributed by atoms with Crippen LogP contribution in [0.1, 0.15) is 19.3 Å². The van der Waals surface area contributed by atoms with Gasteiger partial charge >= 0.3 is 0 Å². The first-order chi connectivity index (χ1) is 8.06. The highest BCUT2D eigenvalue weighted by atomic mass is 79.9. The van der Waals surface area contributed by atoms with E-state index >= 15 is 0 Å². The molecular weight excluding hydrogens is 304 g/mol. The predicted molar refractivity (Wildman–Crippen MR) is 73.1 cm³/mol. The number of carbonyl (C=O) groups is 1. The van der Waals surface area contributed by atoms with Crippen LogP contribution in [0.4, 0.5) is 5.69 Å². The number of hydrogen-bond acceptors (Lipinski definition) is 2. The molecule has 5 heteroatoms. The van der Waals surface area contributed by atoms with E-state index in [0.717, 1.165) is 23.7 Å². The van der Waals surface area contributed by atoms with Crippen LogP contribution in [0.25, 0.3) is 0 Å². The van der Waals surface area contributed by atoms with E-state index in [4.69, 9.17) is 17.3 Å². The zero-order valence-corrected chi connectivity index (χ0v) is 11.6. The Hall–Kier alpha value is -0.580. The van der Waals surface area contributed by atoms with Crippen LogP contribution in [0.3, 0.4) is 0 Å². The van der Waals surface area contributed by atoms with Crippen molar-refractivity contribution < 1.29 is 4.79 Å². The molecule has 0 bridgehead atoms. The van der Waals surface area contributed by atoms with E-state index in [0.29, 0.717) is 10.7 Å². The zero-order chi connectivity index (χ0) is 12.4. The molecule has 2 rings (SSSR count). The summed E-state index contributed by atoms with van der Waals surface area (Å²) in [6.45, 7) is 0. The summed E-state index contributed by atoms with van der Waals surface area (Å²) in [6, 6.07) is 5.48. The monoisotopic (exact) mass is 316 g/mol. The van der Waals surface area contributed by atoms with Gasteiger partial charge in [0.2, 0.25) is 5.91 Å². The van der Waals surface area contributed by atoms with Crippen LogP contribution < -0.4 is 11.1 Å². The molecule has 92 valence electrons. The maximum atomic E-state index is 12.0. The van der Waals surface area contributed by atoms with E-state index in [2.05, 4.69) is 21.2 Å². The maximum absolute atomic E-state index is 12.0. The Kier molecular flexibility index (Phi) is 4.07. The van der Waals surface area contributed by atoms with Gasteiger partial charge in [0.15, 0.2) is 0 Å². The number of benzene rings is 1. The molecule has 0 heterocycles. The Balaban J connectivity index is 2.05. The molecule has 1 amide bonds. The molecule has 2 atom stereocenters. The van der Waals surface area contributed by atoms with Gasteiger partial charge in [-0.05, 0) is 53.4 Å². The first-order valence-electron chi connectivity index (χ1n) is 5.58. The summed E-state index contributed by atoms with van der Waals surface area (Å²) in [5, 5.41) is 3.49. The van der Waals surface area contributed by atoms with Gasteiger partial charge in [0.1, 0.15) is 0 Å². The van der Waals surface area contributed by atoms with Crippen molar-refractivity contribution in [2.75, 3.05) is 5.32 Å². The molecule has 3 N–H and O–H groups in total. The SMILES string of the molecule is NC1CCC(C(=O)Nc2cc(Cl)ccc2Br)C1. The molecule has 1 aromatic rings. The van der Waals surface area contributed by atoms with Crippen LogP contribution in [0, 0.1) is 5.92 Å². The van der Waals surface area contributed by atoms with Crippen LogP contribution in [0.5, 0.6) is 0 Å². The van der Waals surface area contributed by atoms with Crippen LogP contribution >= 0.6 is 27.5 Å². The Morgan fingerprint density at radius 3 is 2.88 bits per heavy atom. The van der Waals surface area contributed by atoms with Crippen molar-refractivity contribution >= 4 is 39.1 Å². The van der Waals surface area contributed by atoms with E-state index in [9.17, 15) is 4.79 Å². The van der Waals surface area contributed by atoms with Crippen LogP contribution in [-0.2, 0) is 4.79 Å². The Labute approximate surface area is 114 Å². The van der Waals surface area contributed by atoms with Gasteiger partial charge in [-0.3, -0.25) is 4.79 Å². The molecule has 0 spiro atoms. The number of nitrogens with one attached hydrogen (secondary N) is 1. The third-order valence-corrected chi connectivity index (χ3v) is 3.96. The average molecular weight is 318 g/mol. The minimum atomic E-state index is 0.0240. The molecule has 3 nitrogen and oxygen atoms in total. The highest BCUT2D eigenvalue weighted by molar-refractivity contribution is 9.10. The lowest BCUT2D eigenvalue weighted by atomic mass is 10.1. The molecule has 17 heavy (non-hydrogen) atoms.